The van der Waals surface area contributed by atoms with Gasteiger partial charge in [-0.05, 0) is 45.2 Å². The van der Waals surface area contributed by atoms with Crippen LogP contribution < -0.4 is 9.47 Å². The summed E-state index contributed by atoms with van der Waals surface area (Å²) in [5, 5.41) is 27.9. The Kier molecular flexibility index (Phi) is 4.28. The summed E-state index contributed by atoms with van der Waals surface area (Å²) in [6, 6.07) is 33.8. The van der Waals surface area contributed by atoms with Gasteiger partial charge in [0.2, 0.25) is 11.6 Å². The maximum Gasteiger partial charge on any atom is 0.280 e. The Balaban J connectivity index is 1.35. The molecule has 0 bridgehead atoms. The first-order chi connectivity index (χ1) is 21.4. The Bertz CT molecular complexity index is 2150. The standard InChI is InChI=1S/C38H22O6/c39-35-29-23(19-7-3-1-4-8-19)15-11-21-13-17-25-31(27(21)29)33-34-32-26(43-37(33,35)41)18-14-22-12-16-24(20-9-5-2-6-10-20)30(28(22)32)36(40)38(34,42)44-25/h1-18,33-34,41-42H/t33-,34+,37-,38+. The fraction of sp³-hybridized carbons (Fsp3) is 0.105. The van der Waals surface area contributed by atoms with Gasteiger partial charge >= 0.3 is 0 Å². The summed E-state index contributed by atoms with van der Waals surface area (Å²) in [5.41, 5.74) is 4.74. The first-order valence-electron chi connectivity index (χ1n) is 14.6. The third-order valence-electron chi connectivity index (χ3n) is 9.98. The third-order valence-corrected chi connectivity index (χ3v) is 9.98. The number of ether oxygens (including phenoxy) is 2. The van der Waals surface area contributed by atoms with E-state index in [1.807, 2.05) is 97.1 Å². The zero-order valence-corrected chi connectivity index (χ0v) is 23.1. The molecule has 0 amide bonds. The summed E-state index contributed by atoms with van der Waals surface area (Å²) in [5.74, 6) is -7.70. The molecule has 0 aromatic heterocycles. The van der Waals surface area contributed by atoms with E-state index in [2.05, 4.69) is 0 Å². The van der Waals surface area contributed by atoms with E-state index < -0.39 is 35.0 Å². The lowest BCUT2D eigenvalue weighted by molar-refractivity contribution is -0.193. The average molecular weight is 575 g/mol. The molecule has 0 saturated heterocycles. The van der Waals surface area contributed by atoms with Gasteiger partial charge in [0, 0.05) is 33.0 Å². The monoisotopic (exact) mass is 574 g/mol. The number of benzene rings is 6. The minimum Gasteiger partial charge on any atom is -0.454 e. The summed E-state index contributed by atoms with van der Waals surface area (Å²) < 4.78 is 12.8. The van der Waals surface area contributed by atoms with Crippen molar-refractivity contribution in [2.24, 2.45) is 0 Å². The lowest BCUT2D eigenvalue weighted by atomic mass is 9.59. The number of Topliss-reactive ketones (excluding diaryl/α,β-unsaturated/α-hetero) is 2. The van der Waals surface area contributed by atoms with Crippen LogP contribution >= 0.6 is 0 Å². The van der Waals surface area contributed by atoms with Gasteiger partial charge < -0.3 is 19.7 Å². The maximum absolute atomic E-state index is 14.7. The van der Waals surface area contributed by atoms with Crippen molar-refractivity contribution in [1.29, 1.82) is 0 Å². The zero-order valence-electron chi connectivity index (χ0n) is 23.1. The van der Waals surface area contributed by atoms with Gasteiger partial charge in [-0.25, -0.2) is 0 Å². The Morgan fingerprint density at radius 3 is 1.30 bits per heavy atom. The molecule has 4 aliphatic rings. The van der Waals surface area contributed by atoms with E-state index >= 15 is 0 Å². The van der Waals surface area contributed by atoms with Crippen molar-refractivity contribution >= 4 is 33.1 Å². The second-order valence-electron chi connectivity index (χ2n) is 12.1. The fourth-order valence-corrected chi connectivity index (χ4v) is 8.21. The Labute approximate surface area is 250 Å². The summed E-state index contributed by atoms with van der Waals surface area (Å²) in [6.45, 7) is 0. The van der Waals surface area contributed by atoms with Crippen LogP contribution in [-0.2, 0) is 0 Å². The number of hydrogen-bond donors (Lipinski definition) is 2. The van der Waals surface area contributed by atoms with Crippen LogP contribution in [0.4, 0.5) is 0 Å². The van der Waals surface area contributed by atoms with E-state index in [-0.39, 0.29) is 11.5 Å². The van der Waals surface area contributed by atoms with Crippen LogP contribution in [0.1, 0.15) is 43.7 Å². The normalized spacial score (nSPS) is 25.2. The van der Waals surface area contributed by atoms with Crippen molar-refractivity contribution in [1.82, 2.24) is 0 Å². The molecule has 6 nitrogen and oxygen atoms in total. The van der Waals surface area contributed by atoms with E-state index in [1.165, 1.54) is 0 Å². The molecule has 44 heavy (non-hydrogen) atoms. The number of hydrogen-bond acceptors (Lipinski definition) is 6. The van der Waals surface area contributed by atoms with Crippen molar-refractivity contribution in [3.63, 3.8) is 0 Å². The number of rotatable bonds is 2. The highest BCUT2D eigenvalue weighted by molar-refractivity contribution is 6.23. The van der Waals surface area contributed by atoms with Crippen molar-refractivity contribution in [2.75, 3.05) is 0 Å². The molecule has 0 spiro atoms. The van der Waals surface area contributed by atoms with E-state index in [9.17, 15) is 19.8 Å². The predicted octanol–water partition coefficient (Wildman–Crippen LogP) is 6.75. The van der Waals surface area contributed by atoms with Crippen LogP contribution in [0.5, 0.6) is 11.5 Å². The van der Waals surface area contributed by atoms with Gasteiger partial charge in [-0.1, -0.05) is 97.1 Å². The quantitative estimate of drug-likeness (QED) is 0.238. The molecule has 210 valence electrons. The molecule has 6 heteroatoms. The van der Waals surface area contributed by atoms with E-state index in [0.717, 1.165) is 21.9 Å². The molecule has 6 aromatic rings. The van der Waals surface area contributed by atoms with Crippen molar-refractivity contribution in [2.45, 2.75) is 23.4 Å². The number of carbonyl (C=O) groups excluding carboxylic acids is 2. The van der Waals surface area contributed by atoms with Gasteiger partial charge in [0.05, 0.1) is 11.8 Å². The molecule has 0 unspecified atom stereocenters. The number of aliphatic hydroxyl groups is 2. The van der Waals surface area contributed by atoms with Crippen molar-refractivity contribution in [3.8, 4) is 33.8 Å². The summed E-state index contributed by atoms with van der Waals surface area (Å²) in [7, 11) is 0. The Hall–Kier alpha value is -5.30. The molecule has 10 rings (SSSR count). The molecule has 0 saturated carbocycles. The van der Waals surface area contributed by atoms with E-state index in [0.29, 0.717) is 44.2 Å². The lowest BCUT2D eigenvalue weighted by Crippen LogP contribution is -2.65. The second-order valence-corrected chi connectivity index (χ2v) is 12.1. The maximum atomic E-state index is 14.7. The fourth-order valence-electron chi connectivity index (χ4n) is 8.21. The Morgan fingerprint density at radius 2 is 0.886 bits per heavy atom. The van der Waals surface area contributed by atoms with Gasteiger partial charge in [0.15, 0.2) is 0 Å². The number of ketones is 2. The highest BCUT2D eigenvalue weighted by Gasteiger charge is 2.70. The largest absolute Gasteiger partial charge is 0.454 e. The topological polar surface area (TPSA) is 93.1 Å². The molecule has 2 aliphatic heterocycles. The van der Waals surface area contributed by atoms with Gasteiger partial charge in [-0.2, -0.15) is 0 Å². The summed E-state index contributed by atoms with van der Waals surface area (Å²) in [6.07, 6.45) is 0. The molecule has 0 radical (unpaired) electrons. The van der Waals surface area contributed by atoms with Crippen LogP contribution in [0, 0.1) is 0 Å². The van der Waals surface area contributed by atoms with Gasteiger partial charge in [0.25, 0.3) is 11.6 Å². The molecular weight excluding hydrogens is 552 g/mol. The van der Waals surface area contributed by atoms with Crippen LogP contribution in [-0.4, -0.2) is 33.4 Å². The minimum atomic E-state index is -2.39. The smallest absolute Gasteiger partial charge is 0.280 e. The number of carbonyl (C=O) groups is 2. The minimum absolute atomic E-state index is 0.242. The van der Waals surface area contributed by atoms with Gasteiger partial charge in [-0.15, -0.1) is 0 Å². The van der Waals surface area contributed by atoms with Crippen LogP contribution in [0.25, 0.3) is 43.8 Å². The Morgan fingerprint density at radius 1 is 0.500 bits per heavy atom. The summed E-state index contributed by atoms with van der Waals surface area (Å²) >= 11 is 0. The highest BCUT2D eigenvalue weighted by Crippen LogP contribution is 2.66. The van der Waals surface area contributed by atoms with Crippen LogP contribution in [0.15, 0.2) is 109 Å². The van der Waals surface area contributed by atoms with Crippen LogP contribution in [0.3, 0.4) is 0 Å². The van der Waals surface area contributed by atoms with Gasteiger partial charge in [0.1, 0.15) is 11.5 Å². The van der Waals surface area contributed by atoms with E-state index in [1.54, 1.807) is 12.1 Å². The third kappa shape index (κ3) is 2.66. The SMILES string of the molecule is O=C1c2c(-c3ccccc3)ccc3ccc4c(c23)[C@@H]2[C@@H]3c5c(ccc6ccc(-c7ccccc7)c(c56)C(=O)[C@@]3(O)O4)O[C@@]12O. The summed E-state index contributed by atoms with van der Waals surface area (Å²) in [4.78, 5) is 29.3. The lowest BCUT2D eigenvalue weighted by Gasteiger charge is -2.55. The van der Waals surface area contributed by atoms with E-state index in [4.69, 9.17) is 9.47 Å². The first kappa shape index (κ1) is 24.2. The molecule has 6 aromatic carbocycles. The average Bonchev–Trinajstić information content (AvgIpc) is 3.06. The predicted molar refractivity (Wildman–Crippen MR) is 164 cm³/mol. The molecule has 2 aliphatic carbocycles. The van der Waals surface area contributed by atoms with Crippen LogP contribution in [0.2, 0.25) is 0 Å². The molecule has 0 fully saturated rings. The molecule has 2 N–H and O–H groups in total. The van der Waals surface area contributed by atoms with Crippen molar-refractivity contribution in [3.05, 3.63) is 131 Å². The zero-order chi connectivity index (χ0) is 29.5. The molecule has 4 atom stereocenters. The second kappa shape index (κ2) is 7.80. The highest BCUT2D eigenvalue weighted by atomic mass is 16.6. The van der Waals surface area contributed by atoms with Crippen molar-refractivity contribution < 1.29 is 29.3 Å². The molecular formula is C38H22O6. The molecule has 2 heterocycles. The van der Waals surface area contributed by atoms with Gasteiger partial charge in [-0.3, -0.25) is 9.59 Å². The first-order valence-corrected chi connectivity index (χ1v) is 14.6.